The van der Waals surface area contributed by atoms with Gasteiger partial charge in [0.1, 0.15) is 0 Å². The molecule has 0 radical (unpaired) electrons. The van der Waals surface area contributed by atoms with E-state index in [1.54, 1.807) is 0 Å². The number of nitrogen functional groups attached to an aromatic ring is 1. The van der Waals surface area contributed by atoms with Crippen molar-refractivity contribution in [1.82, 2.24) is 4.90 Å². The maximum Gasteiger partial charge on any atom is 0.0314 e. The summed E-state index contributed by atoms with van der Waals surface area (Å²) in [6.45, 7) is 8.17. The quantitative estimate of drug-likeness (QED) is 0.750. The van der Waals surface area contributed by atoms with Crippen LogP contribution in [0.1, 0.15) is 25.8 Å². The molecule has 1 aromatic carbocycles. The molecule has 0 amide bonds. The Bertz CT molecular complexity index is 327. The third-order valence-electron chi connectivity index (χ3n) is 3.14. The maximum atomic E-state index is 5.66. The summed E-state index contributed by atoms with van der Waals surface area (Å²) in [5.41, 5.74) is 8.37. The minimum Gasteiger partial charge on any atom is -0.399 e. The average molecular weight is 204 g/mol. The Kier molecular flexibility index (Phi) is 2.70. The molecule has 0 saturated carbocycles. The summed E-state index contributed by atoms with van der Waals surface area (Å²) in [7, 11) is 0. The Hall–Kier alpha value is -1.02. The molecule has 2 N–H and O–H groups in total. The predicted molar refractivity (Wildman–Crippen MR) is 64.5 cm³/mol. The molecule has 0 unspecified atom stereocenters. The van der Waals surface area contributed by atoms with Gasteiger partial charge in [-0.05, 0) is 36.1 Å². The van der Waals surface area contributed by atoms with Gasteiger partial charge in [0.15, 0.2) is 0 Å². The van der Waals surface area contributed by atoms with Crippen molar-refractivity contribution in [2.45, 2.75) is 26.8 Å². The molecule has 1 aromatic rings. The second-order valence-corrected chi connectivity index (χ2v) is 5.37. The van der Waals surface area contributed by atoms with Crippen molar-refractivity contribution in [3.05, 3.63) is 29.8 Å². The molecule has 1 saturated heterocycles. The molecule has 0 aromatic heterocycles. The second-order valence-electron chi connectivity index (χ2n) is 5.37. The summed E-state index contributed by atoms with van der Waals surface area (Å²) < 4.78 is 0. The van der Waals surface area contributed by atoms with Crippen molar-refractivity contribution in [1.29, 1.82) is 0 Å². The van der Waals surface area contributed by atoms with E-state index < -0.39 is 0 Å². The van der Waals surface area contributed by atoms with Crippen LogP contribution in [0.4, 0.5) is 5.69 Å². The first-order valence-electron chi connectivity index (χ1n) is 5.62. The molecule has 1 aliphatic rings. The molecule has 0 aliphatic carbocycles. The lowest BCUT2D eigenvalue weighted by atomic mass is 9.93. The van der Waals surface area contributed by atoms with Gasteiger partial charge >= 0.3 is 0 Å². The number of anilines is 1. The summed E-state index contributed by atoms with van der Waals surface area (Å²) >= 11 is 0. The fourth-order valence-corrected chi connectivity index (χ4v) is 2.24. The fourth-order valence-electron chi connectivity index (χ4n) is 2.24. The molecule has 1 fully saturated rings. The van der Waals surface area contributed by atoms with Crippen molar-refractivity contribution < 1.29 is 0 Å². The van der Waals surface area contributed by atoms with Crippen LogP contribution in [-0.2, 0) is 6.54 Å². The van der Waals surface area contributed by atoms with E-state index in [1.807, 2.05) is 12.1 Å². The van der Waals surface area contributed by atoms with Gasteiger partial charge in [-0.1, -0.05) is 26.0 Å². The first kappa shape index (κ1) is 10.5. The largest absolute Gasteiger partial charge is 0.399 e. The number of nitrogens with zero attached hydrogens (tertiary/aromatic N) is 1. The van der Waals surface area contributed by atoms with Gasteiger partial charge in [0, 0.05) is 18.8 Å². The van der Waals surface area contributed by atoms with Crippen LogP contribution < -0.4 is 5.73 Å². The predicted octanol–water partition coefficient (Wildman–Crippen LogP) is 2.50. The van der Waals surface area contributed by atoms with Gasteiger partial charge in [0.2, 0.25) is 0 Å². The number of likely N-dealkylation sites (tertiary alicyclic amines) is 1. The molecule has 82 valence electrons. The minimum absolute atomic E-state index is 0.494. The van der Waals surface area contributed by atoms with E-state index in [1.165, 1.54) is 25.1 Å². The van der Waals surface area contributed by atoms with Crippen LogP contribution in [0.25, 0.3) is 0 Å². The van der Waals surface area contributed by atoms with Crippen molar-refractivity contribution in [2.75, 3.05) is 18.8 Å². The highest BCUT2D eigenvalue weighted by Crippen LogP contribution is 2.29. The molecule has 1 aliphatic heterocycles. The number of benzene rings is 1. The van der Waals surface area contributed by atoms with Crippen molar-refractivity contribution in [3.63, 3.8) is 0 Å². The molecular formula is C13H20N2. The zero-order valence-electron chi connectivity index (χ0n) is 9.66. The third kappa shape index (κ3) is 2.72. The van der Waals surface area contributed by atoms with E-state index in [2.05, 4.69) is 30.9 Å². The molecular weight excluding hydrogens is 184 g/mol. The summed E-state index contributed by atoms with van der Waals surface area (Å²) in [4.78, 5) is 2.52. The van der Waals surface area contributed by atoms with E-state index in [0.717, 1.165) is 12.2 Å². The van der Waals surface area contributed by atoms with E-state index in [4.69, 9.17) is 5.73 Å². The lowest BCUT2D eigenvalue weighted by Crippen LogP contribution is -2.22. The van der Waals surface area contributed by atoms with E-state index in [9.17, 15) is 0 Å². The van der Waals surface area contributed by atoms with Gasteiger partial charge in [-0.3, -0.25) is 4.90 Å². The zero-order chi connectivity index (χ0) is 10.9. The first-order chi connectivity index (χ1) is 7.05. The fraction of sp³-hybridized carbons (Fsp3) is 0.538. The van der Waals surface area contributed by atoms with Crippen molar-refractivity contribution in [2.24, 2.45) is 5.41 Å². The highest BCUT2D eigenvalue weighted by Gasteiger charge is 2.28. The molecule has 0 bridgehead atoms. The van der Waals surface area contributed by atoms with Gasteiger partial charge < -0.3 is 5.73 Å². The van der Waals surface area contributed by atoms with Gasteiger partial charge in [-0.2, -0.15) is 0 Å². The van der Waals surface area contributed by atoms with Crippen molar-refractivity contribution in [3.8, 4) is 0 Å². The summed E-state index contributed by atoms with van der Waals surface area (Å²) in [6.07, 6.45) is 1.31. The normalized spacial score (nSPS) is 20.7. The Labute approximate surface area is 92.1 Å². The van der Waals surface area contributed by atoms with E-state index in [0.29, 0.717) is 5.41 Å². The summed E-state index contributed by atoms with van der Waals surface area (Å²) in [6, 6.07) is 8.22. The molecule has 2 heteroatoms. The van der Waals surface area contributed by atoms with Crippen LogP contribution in [0.5, 0.6) is 0 Å². The average Bonchev–Trinajstić information content (AvgIpc) is 2.50. The van der Waals surface area contributed by atoms with Crippen molar-refractivity contribution >= 4 is 5.69 Å². The lowest BCUT2D eigenvalue weighted by molar-refractivity contribution is 0.284. The van der Waals surface area contributed by atoms with E-state index >= 15 is 0 Å². The lowest BCUT2D eigenvalue weighted by Gasteiger charge is -2.19. The second kappa shape index (κ2) is 3.86. The Morgan fingerprint density at radius 1 is 1.27 bits per heavy atom. The SMILES string of the molecule is CC1(C)CCN(Cc2ccc(N)cc2)C1. The Morgan fingerprint density at radius 3 is 2.47 bits per heavy atom. The van der Waals surface area contributed by atoms with Crippen LogP contribution in [0, 0.1) is 5.41 Å². The number of rotatable bonds is 2. The first-order valence-corrected chi connectivity index (χ1v) is 5.62. The standard InChI is InChI=1S/C13H20N2/c1-13(2)7-8-15(10-13)9-11-3-5-12(14)6-4-11/h3-6H,7-10,14H2,1-2H3. The Morgan fingerprint density at radius 2 is 1.93 bits per heavy atom. The highest BCUT2D eigenvalue weighted by molar-refractivity contribution is 5.39. The van der Waals surface area contributed by atoms with Crippen LogP contribution >= 0.6 is 0 Å². The number of nitrogens with two attached hydrogens (primary N) is 1. The van der Waals surface area contributed by atoms with Gasteiger partial charge in [-0.15, -0.1) is 0 Å². The maximum absolute atomic E-state index is 5.66. The number of hydrogen-bond acceptors (Lipinski definition) is 2. The van der Waals surface area contributed by atoms with Crippen LogP contribution in [0.3, 0.4) is 0 Å². The molecule has 15 heavy (non-hydrogen) atoms. The number of hydrogen-bond donors (Lipinski definition) is 1. The minimum atomic E-state index is 0.494. The van der Waals surface area contributed by atoms with Crippen LogP contribution in [0.15, 0.2) is 24.3 Å². The molecule has 0 atom stereocenters. The van der Waals surface area contributed by atoms with Crippen LogP contribution in [-0.4, -0.2) is 18.0 Å². The van der Waals surface area contributed by atoms with E-state index in [-0.39, 0.29) is 0 Å². The zero-order valence-corrected chi connectivity index (χ0v) is 9.66. The van der Waals surface area contributed by atoms with Gasteiger partial charge in [0.25, 0.3) is 0 Å². The van der Waals surface area contributed by atoms with Gasteiger partial charge in [-0.25, -0.2) is 0 Å². The Balaban J connectivity index is 1.96. The third-order valence-corrected chi connectivity index (χ3v) is 3.14. The topological polar surface area (TPSA) is 29.3 Å². The molecule has 1 heterocycles. The van der Waals surface area contributed by atoms with Gasteiger partial charge in [0.05, 0.1) is 0 Å². The highest BCUT2D eigenvalue weighted by atomic mass is 15.1. The molecule has 0 spiro atoms. The monoisotopic (exact) mass is 204 g/mol. The van der Waals surface area contributed by atoms with Crippen LogP contribution in [0.2, 0.25) is 0 Å². The summed E-state index contributed by atoms with van der Waals surface area (Å²) in [5.74, 6) is 0. The summed E-state index contributed by atoms with van der Waals surface area (Å²) in [5, 5.41) is 0. The molecule has 2 nitrogen and oxygen atoms in total. The molecule has 2 rings (SSSR count). The smallest absolute Gasteiger partial charge is 0.0314 e.